The van der Waals surface area contributed by atoms with Crippen LogP contribution in [0.15, 0.2) is 71.5 Å². The maximum absolute atomic E-state index is 13.0. The van der Waals surface area contributed by atoms with Crippen molar-refractivity contribution in [3.63, 3.8) is 0 Å². The van der Waals surface area contributed by atoms with E-state index < -0.39 is 6.04 Å². The maximum Gasteiger partial charge on any atom is 0.267 e. The van der Waals surface area contributed by atoms with Gasteiger partial charge < -0.3 is 10.2 Å². The van der Waals surface area contributed by atoms with E-state index in [1.165, 1.54) is 22.7 Å². The van der Waals surface area contributed by atoms with Gasteiger partial charge >= 0.3 is 0 Å². The summed E-state index contributed by atoms with van der Waals surface area (Å²) in [5.74, 6) is 0.152. The minimum absolute atomic E-state index is 0.249. The molecule has 1 aliphatic heterocycles. The molecule has 1 fully saturated rings. The van der Waals surface area contributed by atoms with Gasteiger partial charge in [-0.15, -0.1) is 11.8 Å². The standard InChI is InChI=1S/C23H19N5O3S/c24-12-16-6-8-18(9-7-16)25-23(31)20-14-32-15-27(20)22(30)13-28-21(29)11-10-19(26-28)17-4-2-1-3-5-17/h1-11,20H,13-15H2,(H,25,31). The van der Waals surface area contributed by atoms with E-state index in [0.717, 1.165) is 10.2 Å². The van der Waals surface area contributed by atoms with Crippen molar-refractivity contribution in [1.29, 1.82) is 5.26 Å². The highest BCUT2D eigenvalue weighted by Crippen LogP contribution is 2.23. The topological polar surface area (TPSA) is 108 Å². The average Bonchev–Trinajstić information content (AvgIpc) is 3.32. The zero-order chi connectivity index (χ0) is 22.5. The van der Waals surface area contributed by atoms with Gasteiger partial charge in [-0.05, 0) is 30.3 Å². The molecule has 160 valence electrons. The predicted octanol–water partition coefficient (Wildman–Crippen LogP) is 2.32. The summed E-state index contributed by atoms with van der Waals surface area (Å²) < 4.78 is 1.13. The molecule has 4 rings (SSSR count). The fraction of sp³-hybridized carbons (Fsp3) is 0.174. The number of rotatable bonds is 5. The van der Waals surface area contributed by atoms with Crippen LogP contribution in [0.5, 0.6) is 0 Å². The molecule has 2 amide bonds. The number of nitrogens with one attached hydrogen (secondary N) is 1. The molecule has 1 N–H and O–H groups in total. The molecule has 1 saturated heterocycles. The lowest BCUT2D eigenvalue weighted by molar-refractivity contribution is -0.136. The summed E-state index contributed by atoms with van der Waals surface area (Å²) >= 11 is 1.47. The number of carbonyl (C=O) groups excluding carboxylic acids is 2. The molecular weight excluding hydrogens is 426 g/mol. The minimum atomic E-state index is -0.656. The molecule has 1 aromatic heterocycles. The van der Waals surface area contributed by atoms with E-state index in [4.69, 9.17) is 5.26 Å². The quantitative estimate of drug-likeness (QED) is 0.646. The smallest absolute Gasteiger partial charge is 0.267 e. The average molecular weight is 446 g/mol. The second-order valence-corrected chi connectivity index (χ2v) is 8.14. The Kier molecular flexibility index (Phi) is 6.33. The summed E-state index contributed by atoms with van der Waals surface area (Å²) in [5.41, 5.74) is 2.08. The van der Waals surface area contributed by atoms with Crippen molar-refractivity contribution in [2.24, 2.45) is 0 Å². The minimum Gasteiger partial charge on any atom is -0.324 e. The maximum atomic E-state index is 13.0. The highest BCUT2D eigenvalue weighted by Gasteiger charge is 2.35. The number of aromatic nitrogens is 2. The number of carbonyl (C=O) groups is 2. The van der Waals surface area contributed by atoms with Gasteiger partial charge in [0.2, 0.25) is 11.8 Å². The number of hydrogen-bond acceptors (Lipinski definition) is 6. The van der Waals surface area contributed by atoms with Gasteiger partial charge in [-0.25, -0.2) is 4.68 Å². The largest absolute Gasteiger partial charge is 0.324 e. The third kappa shape index (κ3) is 4.71. The molecule has 9 heteroatoms. The summed E-state index contributed by atoms with van der Waals surface area (Å²) in [5, 5.41) is 16.0. The van der Waals surface area contributed by atoms with E-state index in [0.29, 0.717) is 28.6 Å². The van der Waals surface area contributed by atoms with Gasteiger partial charge in [-0.3, -0.25) is 14.4 Å². The Labute approximate surface area is 188 Å². The molecule has 0 saturated carbocycles. The SMILES string of the molecule is N#Cc1ccc(NC(=O)C2CSCN2C(=O)Cn2nc(-c3ccccc3)ccc2=O)cc1. The molecule has 8 nitrogen and oxygen atoms in total. The van der Waals surface area contributed by atoms with Gasteiger partial charge in [0.15, 0.2) is 0 Å². The van der Waals surface area contributed by atoms with Crippen LogP contribution in [0.25, 0.3) is 11.3 Å². The first-order chi connectivity index (χ1) is 15.5. The summed E-state index contributed by atoms with van der Waals surface area (Å²) in [7, 11) is 0. The lowest BCUT2D eigenvalue weighted by atomic mass is 10.1. The van der Waals surface area contributed by atoms with Crippen LogP contribution >= 0.6 is 11.8 Å². The second kappa shape index (κ2) is 9.49. The first-order valence-corrected chi connectivity index (χ1v) is 11.0. The van der Waals surface area contributed by atoms with Crippen molar-refractivity contribution in [3.8, 4) is 17.3 Å². The van der Waals surface area contributed by atoms with Crippen LogP contribution in [0, 0.1) is 11.3 Å². The van der Waals surface area contributed by atoms with Crippen LogP contribution in [0.4, 0.5) is 5.69 Å². The first-order valence-electron chi connectivity index (χ1n) is 9.87. The van der Waals surface area contributed by atoms with Crippen molar-refractivity contribution in [2.45, 2.75) is 12.6 Å². The number of benzene rings is 2. The Bertz CT molecular complexity index is 1230. The first kappa shape index (κ1) is 21.3. The van der Waals surface area contributed by atoms with Gasteiger partial charge in [0.1, 0.15) is 12.6 Å². The monoisotopic (exact) mass is 445 g/mol. The Balaban J connectivity index is 1.47. The highest BCUT2D eigenvalue weighted by molar-refractivity contribution is 7.99. The van der Waals surface area contributed by atoms with E-state index in [1.807, 2.05) is 36.4 Å². The van der Waals surface area contributed by atoms with Gasteiger partial charge in [0.05, 0.1) is 23.2 Å². The van der Waals surface area contributed by atoms with Crippen LogP contribution < -0.4 is 10.9 Å². The van der Waals surface area contributed by atoms with Crippen LogP contribution in [-0.4, -0.2) is 44.2 Å². The third-order valence-corrected chi connectivity index (χ3v) is 6.02. The van der Waals surface area contributed by atoms with Gasteiger partial charge in [-0.1, -0.05) is 30.3 Å². The lowest BCUT2D eigenvalue weighted by Gasteiger charge is -2.23. The van der Waals surface area contributed by atoms with Gasteiger partial charge in [0, 0.05) is 23.1 Å². The zero-order valence-corrected chi connectivity index (χ0v) is 17.8. The normalized spacial score (nSPS) is 15.2. The van der Waals surface area contributed by atoms with Gasteiger partial charge in [-0.2, -0.15) is 10.4 Å². The van der Waals surface area contributed by atoms with Crippen LogP contribution in [0.2, 0.25) is 0 Å². The molecule has 0 aliphatic carbocycles. The van der Waals surface area contributed by atoms with Crippen LogP contribution in [0.1, 0.15) is 5.56 Å². The summed E-state index contributed by atoms with van der Waals surface area (Å²) in [4.78, 5) is 39.5. The Morgan fingerprint density at radius 1 is 1.09 bits per heavy atom. The lowest BCUT2D eigenvalue weighted by Crippen LogP contribution is -2.46. The second-order valence-electron chi connectivity index (χ2n) is 7.14. The molecular formula is C23H19N5O3S. The van der Waals surface area contributed by atoms with E-state index in [1.54, 1.807) is 30.3 Å². The van der Waals surface area contributed by atoms with E-state index >= 15 is 0 Å². The van der Waals surface area contributed by atoms with Crippen molar-refractivity contribution in [3.05, 3.63) is 82.6 Å². The van der Waals surface area contributed by atoms with Crippen LogP contribution in [-0.2, 0) is 16.1 Å². The number of nitriles is 1. The van der Waals surface area contributed by atoms with Crippen molar-refractivity contribution >= 4 is 29.3 Å². The summed E-state index contributed by atoms with van der Waals surface area (Å²) in [6, 6.07) is 20.3. The molecule has 32 heavy (non-hydrogen) atoms. The Morgan fingerprint density at radius 3 is 2.56 bits per heavy atom. The number of anilines is 1. The fourth-order valence-corrected chi connectivity index (χ4v) is 4.48. The third-order valence-electron chi connectivity index (χ3n) is 5.01. The van der Waals surface area contributed by atoms with Gasteiger partial charge in [0.25, 0.3) is 5.56 Å². The van der Waals surface area contributed by atoms with Crippen LogP contribution in [0.3, 0.4) is 0 Å². The number of amides is 2. The summed E-state index contributed by atoms with van der Waals surface area (Å²) in [6.07, 6.45) is 0. The predicted molar refractivity (Wildman–Crippen MR) is 122 cm³/mol. The number of nitrogens with zero attached hydrogens (tertiary/aromatic N) is 4. The molecule has 2 aromatic carbocycles. The number of hydrogen-bond donors (Lipinski definition) is 1. The fourth-order valence-electron chi connectivity index (χ4n) is 3.30. The molecule has 1 aliphatic rings. The molecule has 1 unspecified atom stereocenters. The summed E-state index contributed by atoms with van der Waals surface area (Å²) in [6.45, 7) is -0.249. The number of thioether (sulfide) groups is 1. The highest BCUT2D eigenvalue weighted by atomic mass is 32.2. The molecule has 0 spiro atoms. The zero-order valence-electron chi connectivity index (χ0n) is 17.0. The van der Waals surface area contributed by atoms with Crippen molar-refractivity contribution in [1.82, 2.24) is 14.7 Å². The van der Waals surface area contributed by atoms with E-state index in [-0.39, 0.29) is 23.9 Å². The molecule has 2 heterocycles. The molecule has 0 bridgehead atoms. The Hall–Kier alpha value is -3.90. The van der Waals surface area contributed by atoms with Crippen molar-refractivity contribution < 1.29 is 9.59 Å². The van der Waals surface area contributed by atoms with E-state index in [9.17, 15) is 14.4 Å². The van der Waals surface area contributed by atoms with E-state index in [2.05, 4.69) is 10.4 Å². The molecule has 0 radical (unpaired) electrons. The molecule has 3 aromatic rings. The Morgan fingerprint density at radius 2 is 1.84 bits per heavy atom. The molecule has 1 atom stereocenters. The van der Waals surface area contributed by atoms with Crippen molar-refractivity contribution in [2.75, 3.05) is 16.9 Å².